The van der Waals surface area contributed by atoms with Crippen LogP contribution in [0.4, 0.5) is 5.69 Å². The number of carbonyl (C=O) groups excluding carboxylic acids is 1. The first-order valence-corrected chi connectivity index (χ1v) is 7.05. The molecule has 0 heterocycles. The third kappa shape index (κ3) is 4.19. The van der Waals surface area contributed by atoms with Gasteiger partial charge in [-0.2, -0.15) is 0 Å². The molecule has 8 heteroatoms. The first-order valence-electron chi connectivity index (χ1n) is 6.17. The fourth-order valence-electron chi connectivity index (χ4n) is 1.61. The largest absolute Gasteiger partial charge is 0.480 e. The Morgan fingerprint density at radius 3 is 2.48 bits per heavy atom. The van der Waals surface area contributed by atoms with Crippen LogP contribution in [0.3, 0.4) is 0 Å². The maximum atomic E-state index is 11.8. The molecule has 0 aliphatic carbocycles. The second kappa shape index (κ2) is 7.07. The number of hydrogen-bond acceptors (Lipinski definition) is 5. The predicted octanol–water partition coefficient (Wildman–Crippen LogP) is 2.25. The molecular formula is C13H16N2O5S. The number of carboxylic acid groups (broad SMARTS) is 1. The van der Waals surface area contributed by atoms with Crippen molar-refractivity contribution >= 4 is 29.3 Å². The third-order valence-electron chi connectivity index (χ3n) is 2.72. The van der Waals surface area contributed by atoms with Gasteiger partial charge >= 0.3 is 5.97 Å². The van der Waals surface area contributed by atoms with Crippen molar-refractivity contribution in [2.24, 2.45) is 0 Å². The summed E-state index contributed by atoms with van der Waals surface area (Å²) in [5.41, 5.74) is -0.0631. The van der Waals surface area contributed by atoms with Gasteiger partial charge in [0.2, 0.25) is 0 Å². The summed E-state index contributed by atoms with van der Waals surface area (Å²) >= 11 is 0.914. The highest BCUT2D eigenvalue weighted by Gasteiger charge is 2.24. The zero-order valence-electron chi connectivity index (χ0n) is 11.9. The minimum atomic E-state index is -1.02. The van der Waals surface area contributed by atoms with E-state index in [9.17, 15) is 19.7 Å². The molecule has 0 bridgehead atoms. The number of aliphatic carboxylic acids is 1. The molecule has 1 atom stereocenters. The van der Waals surface area contributed by atoms with Crippen molar-refractivity contribution in [3.8, 4) is 0 Å². The highest BCUT2D eigenvalue weighted by atomic mass is 32.2. The van der Waals surface area contributed by atoms with Gasteiger partial charge in [0.1, 0.15) is 5.25 Å². The number of nitro benzene ring substituents is 1. The highest BCUT2D eigenvalue weighted by molar-refractivity contribution is 8.00. The number of thioether (sulfide) groups is 1. The molecule has 1 rings (SSSR count). The van der Waals surface area contributed by atoms with Crippen LogP contribution in [0.15, 0.2) is 23.1 Å². The average molecular weight is 312 g/mol. The van der Waals surface area contributed by atoms with Crippen LogP contribution in [0.25, 0.3) is 0 Å². The molecule has 1 N–H and O–H groups in total. The van der Waals surface area contributed by atoms with Gasteiger partial charge in [-0.15, -0.1) is 11.8 Å². The minimum Gasteiger partial charge on any atom is -0.480 e. The smallest absolute Gasteiger partial charge is 0.316 e. The first kappa shape index (κ1) is 17.0. The van der Waals surface area contributed by atoms with Crippen LogP contribution in [-0.4, -0.2) is 46.2 Å². The summed E-state index contributed by atoms with van der Waals surface area (Å²) in [5.74, 6) is -1.37. The molecule has 1 aromatic carbocycles. The molecular weight excluding hydrogens is 296 g/mol. The van der Waals surface area contributed by atoms with E-state index in [4.69, 9.17) is 5.11 Å². The molecule has 1 unspecified atom stereocenters. The van der Waals surface area contributed by atoms with Gasteiger partial charge in [-0.3, -0.25) is 19.7 Å². The van der Waals surface area contributed by atoms with Crippen molar-refractivity contribution in [2.75, 3.05) is 14.1 Å². The summed E-state index contributed by atoms with van der Waals surface area (Å²) in [6.45, 7) is 1.70. The number of carbonyl (C=O) groups is 2. The first-order chi connectivity index (χ1) is 9.77. The Labute approximate surface area is 126 Å². The van der Waals surface area contributed by atoms with E-state index in [2.05, 4.69) is 0 Å². The van der Waals surface area contributed by atoms with E-state index in [1.54, 1.807) is 21.0 Å². The van der Waals surface area contributed by atoms with Gasteiger partial charge in [0.15, 0.2) is 0 Å². The number of carboxylic acids is 1. The monoisotopic (exact) mass is 312 g/mol. The van der Waals surface area contributed by atoms with Crippen molar-refractivity contribution < 1.29 is 19.6 Å². The lowest BCUT2D eigenvalue weighted by atomic mass is 10.2. The van der Waals surface area contributed by atoms with E-state index in [1.165, 1.54) is 23.1 Å². The lowest BCUT2D eigenvalue weighted by Crippen LogP contribution is -2.21. The fraction of sp³-hybridized carbons (Fsp3) is 0.385. The van der Waals surface area contributed by atoms with E-state index in [1.807, 2.05) is 0 Å². The summed E-state index contributed by atoms with van der Waals surface area (Å²) in [5, 5.41) is 19.4. The summed E-state index contributed by atoms with van der Waals surface area (Å²) in [6.07, 6.45) is 0.343. The van der Waals surface area contributed by atoms with Crippen LogP contribution in [-0.2, 0) is 4.79 Å². The Balaban J connectivity index is 3.19. The summed E-state index contributed by atoms with van der Waals surface area (Å²) < 4.78 is 0. The lowest BCUT2D eigenvalue weighted by molar-refractivity contribution is -0.387. The second-order valence-electron chi connectivity index (χ2n) is 4.49. The minimum absolute atomic E-state index is 0.194. The molecule has 0 saturated carbocycles. The molecule has 0 spiro atoms. The number of rotatable bonds is 6. The van der Waals surface area contributed by atoms with E-state index < -0.39 is 16.1 Å². The van der Waals surface area contributed by atoms with Crippen molar-refractivity contribution in [2.45, 2.75) is 23.5 Å². The Kier molecular flexibility index (Phi) is 5.71. The quantitative estimate of drug-likeness (QED) is 0.491. The number of hydrogen-bond donors (Lipinski definition) is 1. The maximum Gasteiger partial charge on any atom is 0.316 e. The van der Waals surface area contributed by atoms with Crippen LogP contribution in [0.5, 0.6) is 0 Å². The number of amides is 1. The summed E-state index contributed by atoms with van der Waals surface area (Å²) in [7, 11) is 3.10. The van der Waals surface area contributed by atoms with Crippen molar-refractivity contribution in [3.05, 3.63) is 33.9 Å². The van der Waals surface area contributed by atoms with Crippen LogP contribution >= 0.6 is 11.8 Å². The van der Waals surface area contributed by atoms with Crippen LogP contribution in [0.1, 0.15) is 23.7 Å². The maximum absolute atomic E-state index is 11.8. The molecule has 7 nitrogen and oxygen atoms in total. The summed E-state index contributed by atoms with van der Waals surface area (Å²) in [4.78, 5) is 34.9. The molecule has 0 fully saturated rings. The molecule has 0 radical (unpaired) electrons. The standard InChI is InChI=1S/C13H16N2O5S/c1-4-10(13(17)18)21-11-6-5-8(12(16)14(2)3)7-9(11)15(19)20/h5-7,10H,4H2,1-3H3,(H,17,18). The zero-order valence-corrected chi connectivity index (χ0v) is 12.7. The average Bonchev–Trinajstić information content (AvgIpc) is 2.43. The number of nitrogens with zero attached hydrogens (tertiary/aromatic N) is 2. The van der Waals surface area contributed by atoms with E-state index in [-0.39, 0.29) is 22.1 Å². The normalized spacial score (nSPS) is 11.8. The van der Waals surface area contributed by atoms with Crippen molar-refractivity contribution in [1.29, 1.82) is 0 Å². The van der Waals surface area contributed by atoms with Gasteiger partial charge in [0.25, 0.3) is 11.6 Å². The van der Waals surface area contributed by atoms with Crippen molar-refractivity contribution in [3.63, 3.8) is 0 Å². The van der Waals surface area contributed by atoms with E-state index in [0.717, 1.165) is 11.8 Å². The third-order valence-corrected chi connectivity index (χ3v) is 4.14. The number of nitro groups is 1. The van der Waals surface area contributed by atoms with Crippen LogP contribution in [0, 0.1) is 10.1 Å². The topological polar surface area (TPSA) is 101 Å². The van der Waals surface area contributed by atoms with Gasteiger partial charge < -0.3 is 10.0 Å². The van der Waals surface area contributed by atoms with E-state index in [0.29, 0.717) is 6.42 Å². The molecule has 0 aliphatic heterocycles. The molecule has 0 aliphatic rings. The number of benzene rings is 1. The fourth-order valence-corrected chi connectivity index (χ4v) is 2.59. The Bertz CT molecular complexity index is 574. The van der Waals surface area contributed by atoms with Crippen LogP contribution in [0.2, 0.25) is 0 Å². The molecule has 1 aromatic rings. The lowest BCUT2D eigenvalue weighted by Gasteiger charge is -2.12. The van der Waals surface area contributed by atoms with Gasteiger partial charge in [-0.25, -0.2) is 0 Å². The zero-order chi connectivity index (χ0) is 16.2. The second-order valence-corrected chi connectivity index (χ2v) is 5.74. The molecule has 0 saturated heterocycles. The van der Waals surface area contributed by atoms with Gasteiger partial charge in [0.05, 0.1) is 9.82 Å². The Morgan fingerprint density at radius 2 is 2.05 bits per heavy atom. The molecule has 21 heavy (non-hydrogen) atoms. The van der Waals surface area contributed by atoms with Crippen molar-refractivity contribution in [1.82, 2.24) is 4.90 Å². The Morgan fingerprint density at radius 1 is 1.43 bits per heavy atom. The van der Waals surface area contributed by atoms with Gasteiger partial charge in [-0.05, 0) is 18.6 Å². The Hall–Kier alpha value is -2.09. The molecule has 1 amide bonds. The van der Waals surface area contributed by atoms with E-state index >= 15 is 0 Å². The summed E-state index contributed by atoms with van der Waals surface area (Å²) in [6, 6.07) is 4.07. The van der Waals surface area contributed by atoms with Gasteiger partial charge in [0, 0.05) is 25.7 Å². The SMILES string of the molecule is CCC(Sc1ccc(C(=O)N(C)C)cc1[N+](=O)[O-])C(=O)O. The highest BCUT2D eigenvalue weighted by Crippen LogP contribution is 2.34. The molecule has 114 valence electrons. The van der Waals surface area contributed by atoms with Crippen LogP contribution < -0.4 is 0 Å². The molecule has 0 aromatic heterocycles. The predicted molar refractivity (Wildman–Crippen MR) is 78.7 cm³/mol. The van der Waals surface area contributed by atoms with Gasteiger partial charge in [-0.1, -0.05) is 6.92 Å².